The van der Waals surface area contributed by atoms with Crippen LogP contribution in [0.5, 0.6) is 0 Å². The molecule has 4 fully saturated rings. The predicted molar refractivity (Wildman–Crippen MR) is 110 cm³/mol. The van der Waals surface area contributed by atoms with Crippen LogP contribution in [0.15, 0.2) is 0 Å². The molecule has 2 N–H and O–H groups in total. The number of carbonyl (C=O) groups excluding carboxylic acids is 1. The number of rotatable bonds is 2. The number of aliphatic hydroxyl groups is 2. The molecule has 4 saturated carbocycles. The van der Waals surface area contributed by atoms with Crippen molar-refractivity contribution in [2.24, 2.45) is 40.4 Å². The van der Waals surface area contributed by atoms with Gasteiger partial charge in [-0.15, -0.1) is 0 Å². The van der Waals surface area contributed by atoms with Gasteiger partial charge in [-0.3, -0.25) is 4.79 Å². The molecule has 0 bridgehead atoms. The summed E-state index contributed by atoms with van der Waals surface area (Å²) in [4.78, 5) is 12.3. The first-order valence-electron chi connectivity index (χ1n) is 11.5. The lowest BCUT2D eigenvalue weighted by Gasteiger charge is -2.62. The quantitative estimate of drug-likeness (QED) is 0.694. The van der Waals surface area contributed by atoms with Gasteiger partial charge >= 0.3 is 0 Å². The minimum atomic E-state index is -0.671. The van der Waals surface area contributed by atoms with Gasteiger partial charge in [0.2, 0.25) is 0 Å². The lowest BCUT2D eigenvalue weighted by molar-refractivity contribution is -0.152. The summed E-state index contributed by atoms with van der Waals surface area (Å²) < 4.78 is 0. The normalized spacial score (nSPS) is 50.0. The van der Waals surface area contributed by atoms with Crippen LogP contribution in [-0.2, 0) is 4.79 Å². The Bertz CT molecular complexity index is 690. The van der Waals surface area contributed by atoms with Crippen LogP contribution >= 0.6 is 0 Å². The maximum atomic E-state index is 12.3. The minimum Gasteiger partial charge on any atom is -0.389 e. The molecule has 0 saturated heterocycles. The molecule has 0 aromatic heterocycles. The van der Waals surface area contributed by atoms with Crippen LogP contribution in [0.25, 0.3) is 0 Å². The first-order valence-corrected chi connectivity index (χ1v) is 11.5. The van der Waals surface area contributed by atoms with E-state index in [2.05, 4.69) is 25.7 Å². The van der Waals surface area contributed by atoms with Crippen molar-refractivity contribution in [1.82, 2.24) is 0 Å². The summed E-state index contributed by atoms with van der Waals surface area (Å²) in [5.74, 6) is 9.20. The van der Waals surface area contributed by atoms with E-state index in [1.54, 1.807) is 0 Å². The molecule has 3 nitrogen and oxygen atoms in total. The molecule has 4 aliphatic carbocycles. The predicted octanol–water partition coefficient (Wildman–Crippen LogP) is 4.35. The van der Waals surface area contributed by atoms with E-state index in [1.807, 2.05) is 6.92 Å². The summed E-state index contributed by atoms with van der Waals surface area (Å²) in [5.41, 5.74) is -0.115. The highest BCUT2D eigenvalue weighted by Crippen LogP contribution is 2.68. The van der Waals surface area contributed by atoms with Crippen molar-refractivity contribution in [1.29, 1.82) is 0 Å². The zero-order valence-corrected chi connectivity index (χ0v) is 18.0. The van der Waals surface area contributed by atoms with Crippen LogP contribution in [0, 0.1) is 52.3 Å². The molecular weight excluding hydrogens is 348 g/mol. The van der Waals surface area contributed by atoms with E-state index in [0.717, 1.165) is 37.5 Å². The minimum absolute atomic E-state index is 0.123. The summed E-state index contributed by atoms with van der Waals surface area (Å²) >= 11 is 0. The Kier molecular flexibility index (Phi) is 5.20. The highest BCUT2D eigenvalue weighted by atomic mass is 16.3. The summed E-state index contributed by atoms with van der Waals surface area (Å²) in [6.45, 7) is 6.61. The van der Waals surface area contributed by atoms with Crippen LogP contribution in [0.2, 0.25) is 0 Å². The second-order valence-electron chi connectivity index (χ2n) is 11.1. The zero-order valence-electron chi connectivity index (χ0n) is 18.0. The van der Waals surface area contributed by atoms with Gasteiger partial charge in [0.25, 0.3) is 0 Å². The summed E-state index contributed by atoms with van der Waals surface area (Å²) in [6, 6.07) is 0. The molecule has 0 aromatic carbocycles. The second-order valence-corrected chi connectivity index (χ2v) is 11.1. The summed E-state index contributed by atoms with van der Waals surface area (Å²) in [5, 5.41) is 20.0. The fourth-order valence-electron chi connectivity index (χ4n) is 8.43. The van der Waals surface area contributed by atoms with Gasteiger partial charge in [0.05, 0.1) is 5.60 Å². The average molecular weight is 387 g/mol. The van der Waals surface area contributed by atoms with Crippen molar-refractivity contribution in [2.75, 3.05) is 6.61 Å². The molecule has 0 aromatic rings. The van der Waals surface area contributed by atoms with Crippen LogP contribution < -0.4 is 0 Å². The first-order chi connectivity index (χ1) is 13.2. The number of aliphatic hydroxyl groups excluding tert-OH is 1. The Morgan fingerprint density at radius 3 is 2.43 bits per heavy atom. The van der Waals surface area contributed by atoms with Crippen molar-refractivity contribution >= 4 is 5.78 Å². The Morgan fingerprint density at radius 1 is 0.964 bits per heavy atom. The van der Waals surface area contributed by atoms with Crippen molar-refractivity contribution < 1.29 is 15.0 Å². The Morgan fingerprint density at radius 2 is 1.71 bits per heavy atom. The van der Waals surface area contributed by atoms with Gasteiger partial charge in [0.15, 0.2) is 0 Å². The molecule has 3 heteroatoms. The molecule has 8 atom stereocenters. The van der Waals surface area contributed by atoms with Crippen molar-refractivity contribution in [3.63, 3.8) is 0 Å². The monoisotopic (exact) mass is 386 g/mol. The van der Waals surface area contributed by atoms with Gasteiger partial charge in [-0.1, -0.05) is 25.7 Å². The van der Waals surface area contributed by atoms with Crippen LogP contribution in [-0.4, -0.2) is 28.2 Å². The average Bonchev–Trinajstić information content (AvgIpc) is 3.00. The van der Waals surface area contributed by atoms with Gasteiger partial charge in [0, 0.05) is 12.3 Å². The van der Waals surface area contributed by atoms with E-state index in [4.69, 9.17) is 5.11 Å². The molecule has 2 unspecified atom stereocenters. The van der Waals surface area contributed by atoms with Crippen LogP contribution in [0.4, 0.5) is 0 Å². The van der Waals surface area contributed by atoms with Gasteiger partial charge in [-0.2, -0.15) is 0 Å². The molecule has 4 aliphatic rings. The number of hydrogen-bond donors (Lipinski definition) is 2. The molecule has 28 heavy (non-hydrogen) atoms. The van der Waals surface area contributed by atoms with E-state index < -0.39 is 5.60 Å². The van der Waals surface area contributed by atoms with E-state index in [9.17, 15) is 9.90 Å². The van der Waals surface area contributed by atoms with Gasteiger partial charge in [0.1, 0.15) is 12.4 Å². The lowest BCUT2D eigenvalue weighted by Crippen LogP contribution is -2.56. The Balaban J connectivity index is 1.53. The molecule has 4 rings (SSSR count). The van der Waals surface area contributed by atoms with Crippen molar-refractivity contribution in [3.05, 3.63) is 0 Å². The topological polar surface area (TPSA) is 57.5 Å². The molecule has 0 spiro atoms. The van der Waals surface area contributed by atoms with Crippen molar-refractivity contribution in [2.45, 2.75) is 90.6 Å². The largest absolute Gasteiger partial charge is 0.389 e. The first kappa shape index (κ1) is 20.4. The molecule has 0 heterocycles. The van der Waals surface area contributed by atoms with Gasteiger partial charge < -0.3 is 10.2 Å². The van der Waals surface area contributed by atoms with Crippen LogP contribution in [0.1, 0.15) is 85.0 Å². The maximum absolute atomic E-state index is 12.3. The van der Waals surface area contributed by atoms with Gasteiger partial charge in [-0.05, 0) is 99.2 Å². The Hall–Kier alpha value is -0.850. The molecule has 0 aliphatic heterocycles. The lowest BCUT2D eigenvalue weighted by atomic mass is 9.43. The standard InChI is InChI=1S/C25H38O3/c1-17(27)20-8-9-21-19-7-6-18-16-25(28,11-4-5-15-26)14-13-23(18,2)22(19)10-12-24(20,21)3/h18-22,26,28H,6-16H2,1-3H3/t18?,19-,20+,21-,22-,23-,24+,25?/m0/s1. The number of hydrogen-bond acceptors (Lipinski definition) is 3. The number of ketones is 1. The van der Waals surface area contributed by atoms with E-state index in [1.165, 1.54) is 32.1 Å². The molecule has 0 radical (unpaired) electrons. The molecular formula is C25H38O3. The SMILES string of the molecule is CC(=O)[C@H]1CC[C@H]2[C@@H]3CCC4CC(O)(CC#CCO)CC[C@]4(C)[C@H]3CC[C@]12C. The summed E-state index contributed by atoms with van der Waals surface area (Å²) in [6.07, 6.45) is 10.6. The smallest absolute Gasteiger partial charge is 0.133 e. The van der Waals surface area contributed by atoms with Gasteiger partial charge in [-0.25, -0.2) is 0 Å². The second kappa shape index (κ2) is 7.13. The van der Waals surface area contributed by atoms with Crippen molar-refractivity contribution in [3.8, 4) is 11.8 Å². The third kappa shape index (κ3) is 3.07. The van der Waals surface area contributed by atoms with E-state index in [-0.39, 0.29) is 17.9 Å². The highest BCUT2D eigenvalue weighted by Gasteiger charge is 2.61. The number of fused-ring (bicyclic) bond motifs is 5. The molecule has 0 amide bonds. The highest BCUT2D eigenvalue weighted by molar-refractivity contribution is 5.79. The number of carbonyl (C=O) groups is 1. The Labute approximate surface area is 170 Å². The third-order valence-corrected chi connectivity index (χ3v) is 9.93. The van der Waals surface area contributed by atoms with E-state index >= 15 is 0 Å². The van der Waals surface area contributed by atoms with Crippen LogP contribution in [0.3, 0.4) is 0 Å². The zero-order chi connectivity index (χ0) is 20.2. The third-order valence-electron chi connectivity index (χ3n) is 9.93. The fraction of sp³-hybridized carbons (Fsp3) is 0.880. The molecule has 156 valence electrons. The number of Topliss-reactive ketones (excluding diaryl/α,β-unsaturated/α-hetero) is 1. The maximum Gasteiger partial charge on any atom is 0.133 e. The summed E-state index contributed by atoms with van der Waals surface area (Å²) in [7, 11) is 0. The fourth-order valence-corrected chi connectivity index (χ4v) is 8.43. The van der Waals surface area contributed by atoms with E-state index in [0.29, 0.717) is 29.5 Å².